The third-order valence-electron chi connectivity index (χ3n) is 3.58. The summed E-state index contributed by atoms with van der Waals surface area (Å²) in [5, 5.41) is 13.0. The fraction of sp³-hybridized carbons (Fsp3) is 0.176. The van der Waals surface area contributed by atoms with Crippen molar-refractivity contribution in [3.8, 4) is 0 Å². The van der Waals surface area contributed by atoms with Crippen LogP contribution in [-0.2, 0) is 15.7 Å². The number of benzene rings is 2. The third kappa shape index (κ3) is 4.96. The number of carbonyl (C=O) groups is 2. The molecule has 0 unspecified atom stereocenters. The maximum Gasteiger partial charge on any atom is 0.416 e. The second-order valence-corrected chi connectivity index (χ2v) is 5.64. The standard InChI is InChI=1S/C17H14F3N3O5/c1-9(15(24)22-11-4-2-3-10(7-11)17(18,19)20)28-16(25)13-8-12(23(26)27)5-6-14(13)21/h2-9H,21H2,1H3,(H,22,24)/t9-/m1/s1. The molecule has 0 saturated heterocycles. The number of carbonyl (C=O) groups excluding carboxylic acids is 2. The molecule has 0 spiro atoms. The lowest BCUT2D eigenvalue weighted by Gasteiger charge is -2.15. The Bertz CT molecular complexity index is 930. The summed E-state index contributed by atoms with van der Waals surface area (Å²) in [5.74, 6) is -1.98. The van der Waals surface area contributed by atoms with E-state index in [2.05, 4.69) is 5.32 Å². The van der Waals surface area contributed by atoms with Gasteiger partial charge in [-0.1, -0.05) is 6.07 Å². The molecule has 0 saturated carbocycles. The fourth-order valence-corrected chi connectivity index (χ4v) is 2.13. The molecule has 0 aliphatic carbocycles. The highest BCUT2D eigenvalue weighted by Gasteiger charge is 2.30. The molecule has 8 nitrogen and oxygen atoms in total. The number of nitrogens with two attached hydrogens (primary N) is 1. The van der Waals surface area contributed by atoms with E-state index in [-0.39, 0.29) is 16.9 Å². The zero-order chi connectivity index (χ0) is 21.1. The molecule has 0 radical (unpaired) electrons. The SMILES string of the molecule is C[C@@H](OC(=O)c1cc([N+](=O)[O-])ccc1N)C(=O)Nc1cccc(C(F)(F)F)c1. The number of nitrogens with one attached hydrogen (secondary N) is 1. The van der Waals surface area contributed by atoms with E-state index in [1.165, 1.54) is 13.0 Å². The van der Waals surface area contributed by atoms with Crippen molar-refractivity contribution in [2.24, 2.45) is 0 Å². The number of nitro benzene ring substituents is 1. The highest BCUT2D eigenvalue weighted by molar-refractivity contribution is 5.99. The summed E-state index contributed by atoms with van der Waals surface area (Å²) in [4.78, 5) is 34.3. The van der Waals surface area contributed by atoms with Crippen LogP contribution in [0.15, 0.2) is 42.5 Å². The summed E-state index contributed by atoms with van der Waals surface area (Å²) >= 11 is 0. The van der Waals surface area contributed by atoms with Gasteiger partial charge in [-0.05, 0) is 31.2 Å². The Balaban J connectivity index is 2.10. The molecule has 2 aromatic carbocycles. The van der Waals surface area contributed by atoms with Gasteiger partial charge in [0.1, 0.15) is 0 Å². The second kappa shape index (κ2) is 7.94. The topological polar surface area (TPSA) is 125 Å². The molecular formula is C17H14F3N3O5. The molecule has 0 fully saturated rings. The highest BCUT2D eigenvalue weighted by Crippen LogP contribution is 2.30. The predicted molar refractivity (Wildman–Crippen MR) is 92.5 cm³/mol. The molecule has 0 aliphatic rings. The molecule has 28 heavy (non-hydrogen) atoms. The van der Waals surface area contributed by atoms with Crippen LogP contribution in [0.1, 0.15) is 22.8 Å². The molecular weight excluding hydrogens is 383 g/mol. The molecule has 148 valence electrons. The zero-order valence-corrected chi connectivity index (χ0v) is 14.3. The summed E-state index contributed by atoms with van der Waals surface area (Å²) < 4.78 is 43.0. The Labute approximate surface area is 156 Å². The minimum atomic E-state index is -4.58. The van der Waals surface area contributed by atoms with E-state index in [9.17, 15) is 32.9 Å². The first-order chi connectivity index (χ1) is 13.0. The third-order valence-corrected chi connectivity index (χ3v) is 3.58. The second-order valence-electron chi connectivity index (χ2n) is 5.64. The van der Waals surface area contributed by atoms with Crippen molar-refractivity contribution < 1.29 is 32.4 Å². The number of esters is 1. The Hall–Kier alpha value is -3.63. The minimum absolute atomic E-state index is 0.0962. The van der Waals surface area contributed by atoms with Crippen LogP contribution in [0.2, 0.25) is 0 Å². The van der Waals surface area contributed by atoms with Gasteiger partial charge in [0.2, 0.25) is 0 Å². The van der Waals surface area contributed by atoms with Crippen LogP contribution >= 0.6 is 0 Å². The number of anilines is 2. The number of hydrogen-bond acceptors (Lipinski definition) is 6. The number of nitro groups is 1. The van der Waals surface area contributed by atoms with E-state index in [4.69, 9.17) is 10.5 Å². The van der Waals surface area contributed by atoms with Crippen molar-refractivity contribution >= 4 is 28.9 Å². The van der Waals surface area contributed by atoms with Crippen LogP contribution in [-0.4, -0.2) is 22.9 Å². The summed E-state index contributed by atoms with van der Waals surface area (Å²) in [6.45, 7) is 1.19. The van der Waals surface area contributed by atoms with Gasteiger partial charge in [-0.2, -0.15) is 13.2 Å². The number of alkyl halides is 3. The maximum absolute atomic E-state index is 12.7. The predicted octanol–water partition coefficient (Wildman–Crippen LogP) is 3.38. The number of halogens is 3. The van der Waals surface area contributed by atoms with Crippen LogP contribution in [0.3, 0.4) is 0 Å². The smallest absolute Gasteiger partial charge is 0.416 e. The van der Waals surface area contributed by atoms with Crippen LogP contribution < -0.4 is 11.1 Å². The van der Waals surface area contributed by atoms with Gasteiger partial charge < -0.3 is 15.8 Å². The van der Waals surface area contributed by atoms with E-state index < -0.39 is 40.3 Å². The number of non-ortho nitro benzene ring substituents is 1. The van der Waals surface area contributed by atoms with Gasteiger partial charge in [-0.15, -0.1) is 0 Å². The first kappa shape index (κ1) is 20.7. The molecule has 0 aromatic heterocycles. The molecule has 3 N–H and O–H groups in total. The van der Waals surface area contributed by atoms with E-state index >= 15 is 0 Å². The lowest BCUT2D eigenvalue weighted by atomic mass is 10.1. The highest BCUT2D eigenvalue weighted by atomic mass is 19.4. The number of rotatable bonds is 5. The summed E-state index contributed by atoms with van der Waals surface area (Å²) in [5.41, 5.74) is 3.68. The number of hydrogen-bond donors (Lipinski definition) is 2. The van der Waals surface area contributed by atoms with Gasteiger partial charge in [-0.25, -0.2) is 4.79 Å². The largest absolute Gasteiger partial charge is 0.449 e. The van der Waals surface area contributed by atoms with Crippen molar-refractivity contribution in [1.29, 1.82) is 0 Å². The van der Waals surface area contributed by atoms with Crippen LogP contribution in [0, 0.1) is 10.1 Å². The van der Waals surface area contributed by atoms with E-state index in [1.54, 1.807) is 0 Å². The normalized spacial score (nSPS) is 12.1. The summed E-state index contributed by atoms with van der Waals surface area (Å²) in [7, 11) is 0. The van der Waals surface area contributed by atoms with Gasteiger partial charge in [0.25, 0.3) is 11.6 Å². The van der Waals surface area contributed by atoms with Crippen molar-refractivity contribution in [2.75, 3.05) is 11.1 Å². The van der Waals surface area contributed by atoms with Gasteiger partial charge in [0.05, 0.1) is 16.1 Å². The van der Waals surface area contributed by atoms with Crippen LogP contribution in [0.4, 0.5) is 30.2 Å². The summed E-state index contributed by atoms with van der Waals surface area (Å²) in [6, 6.07) is 7.04. The van der Waals surface area contributed by atoms with E-state index in [0.717, 1.165) is 36.4 Å². The minimum Gasteiger partial charge on any atom is -0.449 e. The van der Waals surface area contributed by atoms with Crippen molar-refractivity contribution in [1.82, 2.24) is 0 Å². The Morgan fingerprint density at radius 1 is 1.21 bits per heavy atom. The number of nitrogens with zero attached hydrogens (tertiary/aromatic N) is 1. The quantitative estimate of drug-likeness (QED) is 0.345. The Morgan fingerprint density at radius 3 is 2.50 bits per heavy atom. The van der Waals surface area contributed by atoms with Crippen molar-refractivity contribution in [3.05, 3.63) is 63.7 Å². The number of nitrogen functional groups attached to an aromatic ring is 1. The Kier molecular flexibility index (Phi) is 5.87. The fourth-order valence-electron chi connectivity index (χ4n) is 2.13. The van der Waals surface area contributed by atoms with Crippen LogP contribution in [0.25, 0.3) is 0 Å². The number of amides is 1. The van der Waals surface area contributed by atoms with Gasteiger partial charge in [0, 0.05) is 23.5 Å². The summed E-state index contributed by atoms with van der Waals surface area (Å²) in [6.07, 6.45) is -5.99. The average Bonchev–Trinajstić information content (AvgIpc) is 2.61. The van der Waals surface area contributed by atoms with Gasteiger partial charge >= 0.3 is 12.1 Å². The molecule has 0 bridgehead atoms. The lowest BCUT2D eigenvalue weighted by molar-refractivity contribution is -0.384. The van der Waals surface area contributed by atoms with E-state index in [0.29, 0.717) is 0 Å². The van der Waals surface area contributed by atoms with Gasteiger partial charge in [-0.3, -0.25) is 14.9 Å². The Morgan fingerprint density at radius 2 is 1.89 bits per heavy atom. The van der Waals surface area contributed by atoms with Crippen LogP contribution in [0.5, 0.6) is 0 Å². The van der Waals surface area contributed by atoms with Crippen molar-refractivity contribution in [2.45, 2.75) is 19.2 Å². The monoisotopic (exact) mass is 397 g/mol. The van der Waals surface area contributed by atoms with Crippen molar-refractivity contribution in [3.63, 3.8) is 0 Å². The van der Waals surface area contributed by atoms with E-state index in [1.807, 2.05) is 0 Å². The maximum atomic E-state index is 12.7. The molecule has 11 heteroatoms. The molecule has 0 aliphatic heterocycles. The zero-order valence-electron chi connectivity index (χ0n) is 14.3. The first-order valence-corrected chi connectivity index (χ1v) is 7.72. The molecule has 2 aromatic rings. The first-order valence-electron chi connectivity index (χ1n) is 7.72. The number of ether oxygens (including phenoxy) is 1. The molecule has 0 heterocycles. The molecule has 2 rings (SSSR count). The molecule has 1 amide bonds. The lowest BCUT2D eigenvalue weighted by Crippen LogP contribution is -2.30. The van der Waals surface area contributed by atoms with Gasteiger partial charge in [0.15, 0.2) is 6.10 Å². The molecule has 1 atom stereocenters. The average molecular weight is 397 g/mol.